The molecule has 4 heteroatoms. The molecule has 0 amide bonds. The maximum absolute atomic E-state index is 5.84. The Kier molecular flexibility index (Phi) is 17.7. The summed E-state index contributed by atoms with van der Waals surface area (Å²) >= 11 is 2.05. The van der Waals surface area contributed by atoms with Crippen molar-refractivity contribution in [3.05, 3.63) is 0 Å². The second-order valence-electron chi connectivity index (χ2n) is 5.34. The molecule has 0 rings (SSSR count). The minimum atomic E-state index is 0.0243. The van der Waals surface area contributed by atoms with Crippen LogP contribution in [0.25, 0.3) is 0 Å². The van der Waals surface area contributed by atoms with Gasteiger partial charge >= 0.3 is 7.12 Å². The Morgan fingerprint density at radius 2 is 1.30 bits per heavy atom. The highest BCUT2D eigenvalue weighted by atomic mass is 32.2. The number of rotatable bonds is 16. The normalized spacial score (nSPS) is 10.9. The van der Waals surface area contributed by atoms with E-state index in [1.165, 1.54) is 44.3 Å². The molecule has 0 radical (unpaired) electrons. The Bertz CT molecular complexity index is 172. The zero-order valence-electron chi connectivity index (χ0n) is 14.0. The predicted octanol–water partition coefficient (Wildman–Crippen LogP) is 5.42. The lowest BCUT2D eigenvalue weighted by Crippen LogP contribution is -2.24. The van der Waals surface area contributed by atoms with Crippen molar-refractivity contribution in [2.24, 2.45) is 0 Å². The van der Waals surface area contributed by atoms with Crippen LogP contribution >= 0.6 is 11.8 Å². The summed E-state index contributed by atoms with van der Waals surface area (Å²) in [5, 5.41) is 0. The van der Waals surface area contributed by atoms with Crippen LogP contribution < -0.4 is 0 Å². The summed E-state index contributed by atoms with van der Waals surface area (Å²) in [7, 11) is 0.0243. The first-order chi connectivity index (χ1) is 9.85. The molecule has 0 heterocycles. The highest BCUT2D eigenvalue weighted by molar-refractivity contribution is 7.99. The van der Waals surface area contributed by atoms with Gasteiger partial charge in [-0.3, -0.25) is 0 Å². The molecule has 0 saturated carbocycles. The van der Waals surface area contributed by atoms with Gasteiger partial charge in [0.1, 0.15) is 0 Å². The molecule has 0 aromatic heterocycles. The molecule has 0 saturated heterocycles. The van der Waals surface area contributed by atoms with E-state index in [4.69, 9.17) is 9.31 Å². The van der Waals surface area contributed by atoms with E-state index < -0.39 is 0 Å². The van der Waals surface area contributed by atoms with Crippen LogP contribution in [0.2, 0.25) is 6.32 Å². The molecule has 0 fully saturated rings. The first-order valence-corrected chi connectivity index (χ1v) is 9.81. The Balaban J connectivity index is 3.56. The van der Waals surface area contributed by atoms with Crippen molar-refractivity contribution in [1.29, 1.82) is 0 Å². The Morgan fingerprint density at radius 3 is 1.85 bits per heavy atom. The van der Waals surface area contributed by atoms with Gasteiger partial charge in [0.05, 0.1) is 0 Å². The zero-order valence-corrected chi connectivity index (χ0v) is 14.8. The van der Waals surface area contributed by atoms with Crippen LogP contribution in [0.4, 0.5) is 0 Å². The quantitative estimate of drug-likeness (QED) is 0.280. The van der Waals surface area contributed by atoms with Gasteiger partial charge in [0.25, 0.3) is 0 Å². The smallest absolute Gasteiger partial charge is 0.411 e. The standard InChI is InChI=1S/C16H35BO2S/c1-4-7-10-11-15-20-16-12-17(18-13-8-5-2)19-14-9-6-3/h4-16H2,1-3H3. The summed E-state index contributed by atoms with van der Waals surface area (Å²) in [4.78, 5) is 0. The number of hydrogen-bond acceptors (Lipinski definition) is 3. The average molecular weight is 302 g/mol. The van der Waals surface area contributed by atoms with Crippen LogP contribution in [0.15, 0.2) is 0 Å². The predicted molar refractivity (Wildman–Crippen MR) is 93.7 cm³/mol. The molecule has 0 unspecified atom stereocenters. The third-order valence-electron chi connectivity index (χ3n) is 3.24. The molecule has 0 aromatic carbocycles. The first kappa shape index (κ1) is 20.3. The summed E-state index contributed by atoms with van der Waals surface area (Å²) < 4.78 is 11.7. The molecule has 0 bridgehead atoms. The van der Waals surface area contributed by atoms with Crippen LogP contribution in [0.3, 0.4) is 0 Å². The van der Waals surface area contributed by atoms with E-state index in [0.29, 0.717) is 0 Å². The first-order valence-electron chi connectivity index (χ1n) is 8.66. The lowest BCUT2D eigenvalue weighted by molar-refractivity contribution is 0.192. The zero-order chi connectivity index (χ0) is 14.9. The van der Waals surface area contributed by atoms with Crippen molar-refractivity contribution in [2.75, 3.05) is 24.7 Å². The van der Waals surface area contributed by atoms with Crippen molar-refractivity contribution < 1.29 is 9.31 Å². The van der Waals surface area contributed by atoms with Crippen molar-refractivity contribution in [3.63, 3.8) is 0 Å². The topological polar surface area (TPSA) is 18.5 Å². The third kappa shape index (κ3) is 14.7. The Labute approximate surface area is 131 Å². The maximum atomic E-state index is 5.84. The van der Waals surface area contributed by atoms with E-state index in [9.17, 15) is 0 Å². The van der Waals surface area contributed by atoms with E-state index in [1.807, 2.05) is 0 Å². The fraction of sp³-hybridized carbons (Fsp3) is 1.00. The minimum absolute atomic E-state index is 0.0243. The van der Waals surface area contributed by atoms with Gasteiger partial charge in [-0.2, -0.15) is 11.8 Å². The highest BCUT2D eigenvalue weighted by Crippen LogP contribution is 2.12. The van der Waals surface area contributed by atoms with Crippen LogP contribution in [0.1, 0.15) is 72.1 Å². The van der Waals surface area contributed by atoms with Gasteiger partial charge in [-0.25, -0.2) is 0 Å². The molecule has 0 spiro atoms. The summed E-state index contributed by atoms with van der Waals surface area (Å²) in [6.07, 6.45) is 11.1. The van der Waals surface area contributed by atoms with Gasteiger partial charge < -0.3 is 9.31 Å². The Morgan fingerprint density at radius 1 is 0.700 bits per heavy atom. The third-order valence-corrected chi connectivity index (χ3v) is 4.35. The van der Waals surface area contributed by atoms with Gasteiger partial charge in [-0.05, 0) is 37.1 Å². The van der Waals surface area contributed by atoms with E-state index >= 15 is 0 Å². The SMILES string of the molecule is CCCCCCSCCB(OCCCC)OCCCC. The van der Waals surface area contributed by atoms with Crippen LogP contribution in [-0.2, 0) is 9.31 Å². The number of hydrogen-bond donors (Lipinski definition) is 0. The molecular formula is C16H35BO2S. The summed E-state index contributed by atoms with van der Waals surface area (Å²) in [6, 6.07) is 0. The van der Waals surface area contributed by atoms with Crippen LogP contribution in [0, 0.1) is 0 Å². The van der Waals surface area contributed by atoms with E-state index in [1.54, 1.807) is 0 Å². The average Bonchev–Trinajstić information content (AvgIpc) is 2.46. The van der Waals surface area contributed by atoms with Gasteiger partial charge in [0.2, 0.25) is 0 Å². The Hall–Kier alpha value is 0.335. The van der Waals surface area contributed by atoms with Crippen molar-refractivity contribution in [2.45, 2.75) is 78.5 Å². The molecule has 0 aliphatic rings. The fourth-order valence-corrected chi connectivity index (χ4v) is 2.82. The molecule has 0 aliphatic heterocycles. The molecule has 0 atom stereocenters. The highest BCUT2D eigenvalue weighted by Gasteiger charge is 2.17. The molecule has 20 heavy (non-hydrogen) atoms. The molecule has 120 valence electrons. The van der Waals surface area contributed by atoms with E-state index in [0.717, 1.165) is 38.1 Å². The van der Waals surface area contributed by atoms with Gasteiger partial charge in [-0.15, -0.1) is 0 Å². The largest absolute Gasteiger partial charge is 0.457 e. The molecule has 2 nitrogen and oxygen atoms in total. The van der Waals surface area contributed by atoms with Gasteiger partial charge in [0.15, 0.2) is 0 Å². The minimum Gasteiger partial charge on any atom is -0.411 e. The number of unbranched alkanes of at least 4 members (excludes halogenated alkanes) is 5. The lowest BCUT2D eigenvalue weighted by atomic mass is 9.85. The fourth-order valence-electron chi connectivity index (χ4n) is 1.85. The van der Waals surface area contributed by atoms with Crippen molar-refractivity contribution in [1.82, 2.24) is 0 Å². The number of thioether (sulfide) groups is 1. The van der Waals surface area contributed by atoms with Gasteiger partial charge in [0, 0.05) is 13.2 Å². The second-order valence-corrected chi connectivity index (χ2v) is 6.56. The molecule has 0 N–H and O–H groups in total. The van der Waals surface area contributed by atoms with Crippen molar-refractivity contribution in [3.8, 4) is 0 Å². The van der Waals surface area contributed by atoms with Crippen LogP contribution in [0.5, 0.6) is 0 Å². The lowest BCUT2D eigenvalue weighted by Gasteiger charge is -2.14. The maximum Gasteiger partial charge on any atom is 0.457 e. The summed E-state index contributed by atoms with van der Waals surface area (Å²) in [5.74, 6) is 2.45. The summed E-state index contributed by atoms with van der Waals surface area (Å²) in [6.45, 7) is 8.34. The van der Waals surface area contributed by atoms with Gasteiger partial charge in [-0.1, -0.05) is 52.9 Å². The summed E-state index contributed by atoms with van der Waals surface area (Å²) in [5.41, 5.74) is 0. The van der Waals surface area contributed by atoms with E-state index in [2.05, 4.69) is 32.5 Å². The molecule has 0 aliphatic carbocycles. The molecular weight excluding hydrogens is 267 g/mol. The van der Waals surface area contributed by atoms with Crippen molar-refractivity contribution >= 4 is 18.9 Å². The van der Waals surface area contributed by atoms with Crippen LogP contribution in [-0.4, -0.2) is 31.8 Å². The second kappa shape index (κ2) is 17.4. The monoisotopic (exact) mass is 302 g/mol. The van der Waals surface area contributed by atoms with E-state index in [-0.39, 0.29) is 7.12 Å². The molecule has 0 aromatic rings.